The molecule has 0 aromatic carbocycles. The second-order valence-electron chi connectivity index (χ2n) is 4.08. The minimum atomic E-state index is 0.575. The van der Waals surface area contributed by atoms with Gasteiger partial charge in [0.05, 0.1) is 13.7 Å². The maximum absolute atomic E-state index is 5.74. The zero-order valence-corrected chi connectivity index (χ0v) is 9.77. The van der Waals surface area contributed by atoms with E-state index in [-0.39, 0.29) is 0 Å². The summed E-state index contributed by atoms with van der Waals surface area (Å²) >= 11 is 0. The third-order valence-electron chi connectivity index (χ3n) is 2.74. The Kier molecular flexibility index (Phi) is 3.44. The van der Waals surface area contributed by atoms with Gasteiger partial charge in [0.15, 0.2) is 5.75 Å². The van der Waals surface area contributed by atoms with Crippen LogP contribution in [0.25, 0.3) is 0 Å². The van der Waals surface area contributed by atoms with Crippen molar-refractivity contribution in [1.82, 2.24) is 4.98 Å². The Hall–Kier alpha value is -1.51. The summed E-state index contributed by atoms with van der Waals surface area (Å²) in [6, 6.07) is 3.86. The summed E-state index contributed by atoms with van der Waals surface area (Å²) in [5.74, 6) is 1.91. The smallest absolute Gasteiger partial charge is 0.256 e. The van der Waals surface area contributed by atoms with Crippen LogP contribution >= 0.6 is 0 Å². The molecule has 16 heavy (non-hydrogen) atoms. The molecule has 0 amide bonds. The number of allylic oxidation sites excluding steroid dienone is 2. The molecule has 1 aromatic rings. The van der Waals surface area contributed by atoms with Gasteiger partial charge < -0.3 is 9.47 Å². The number of ether oxygens (including phenoxy) is 2. The second-order valence-corrected chi connectivity index (χ2v) is 4.08. The van der Waals surface area contributed by atoms with Crippen LogP contribution in [0.5, 0.6) is 11.6 Å². The highest BCUT2D eigenvalue weighted by atomic mass is 16.5. The summed E-state index contributed by atoms with van der Waals surface area (Å²) in [5.41, 5.74) is 0.937. The Labute approximate surface area is 96.1 Å². The minimum absolute atomic E-state index is 0.575. The van der Waals surface area contributed by atoms with Gasteiger partial charge in [-0.3, -0.25) is 0 Å². The Balaban J connectivity index is 1.97. The fourth-order valence-corrected chi connectivity index (χ4v) is 1.79. The second kappa shape index (κ2) is 5.01. The normalized spacial score (nSPS) is 15.4. The van der Waals surface area contributed by atoms with Gasteiger partial charge in [-0.05, 0) is 37.8 Å². The topological polar surface area (TPSA) is 31.4 Å². The van der Waals surface area contributed by atoms with E-state index < -0.39 is 0 Å². The zero-order valence-electron chi connectivity index (χ0n) is 9.77. The van der Waals surface area contributed by atoms with E-state index in [1.54, 1.807) is 7.11 Å². The van der Waals surface area contributed by atoms with Crippen LogP contribution in [0.15, 0.2) is 24.3 Å². The number of hydrogen-bond acceptors (Lipinski definition) is 3. The fraction of sp³-hybridized carbons (Fsp3) is 0.462. The average Bonchev–Trinajstić information content (AvgIpc) is 2.80. The first-order chi connectivity index (χ1) is 7.79. The monoisotopic (exact) mass is 219 g/mol. The molecule has 86 valence electrons. The van der Waals surface area contributed by atoms with Crippen molar-refractivity contribution in [2.45, 2.75) is 19.8 Å². The number of aromatic nitrogens is 1. The molecule has 0 bridgehead atoms. The predicted molar refractivity (Wildman–Crippen MR) is 62.9 cm³/mol. The number of rotatable bonds is 4. The third-order valence-corrected chi connectivity index (χ3v) is 2.74. The van der Waals surface area contributed by atoms with E-state index in [0.29, 0.717) is 11.8 Å². The molecule has 1 aromatic heterocycles. The minimum Gasteiger partial charge on any atom is -0.488 e. The Morgan fingerprint density at radius 3 is 2.75 bits per heavy atom. The molecule has 2 rings (SSSR count). The van der Waals surface area contributed by atoms with E-state index in [2.05, 4.69) is 17.1 Å². The van der Waals surface area contributed by atoms with Gasteiger partial charge in [0.25, 0.3) is 5.88 Å². The molecule has 1 heterocycles. The van der Waals surface area contributed by atoms with Gasteiger partial charge in [0.1, 0.15) is 0 Å². The zero-order chi connectivity index (χ0) is 11.4. The van der Waals surface area contributed by atoms with Crippen molar-refractivity contribution in [2.24, 2.45) is 5.92 Å². The number of aryl methyl sites for hydroxylation is 1. The van der Waals surface area contributed by atoms with Gasteiger partial charge in [-0.1, -0.05) is 12.2 Å². The van der Waals surface area contributed by atoms with Crippen molar-refractivity contribution >= 4 is 0 Å². The predicted octanol–water partition coefficient (Wildman–Crippen LogP) is 2.74. The van der Waals surface area contributed by atoms with E-state index in [9.17, 15) is 0 Å². The quantitative estimate of drug-likeness (QED) is 0.730. The van der Waals surface area contributed by atoms with Crippen LogP contribution in [0, 0.1) is 12.8 Å². The van der Waals surface area contributed by atoms with Gasteiger partial charge in [-0.2, -0.15) is 0 Å². The number of hydrogen-bond donors (Lipinski definition) is 0. The third kappa shape index (κ3) is 2.54. The van der Waals surface area contributed by atoms with Gasteiger partial charge in [0, 0.05) is 5.69 Å². The Morgan fingerprint density at radius 1 is 1.31 bits per heavy atom. The van der Waals surface area contributed by atoms with E-state index >= 15 is 0 Å². The molecule has 3 nitrogen and oxygen atoms in total. The molecule has 1 aliphatic rings. The highest BCUT2D eigenvalue weighted by molar-refractivity contribution is 5.34. The van der Waals surface area contributed by atoms with Crippen LogP contribution in [0.3, 0.4) is 0 Å². The molecule has 1 aliphatic carbocycles. The molecule has 0 aliphatic heterocycles. The van der Waals surface area contributed by atoms with Crippen molar-refractivity contribution in [2.75, 3.05) is 13.7 Å². The molecule has 3 heteroatoms. The first-order valence-electron chi connectivity index (χ1n) is 5.59. The van der Waals surface area contributed by atoms with Crippen LogP contribution in [-0.2, 0) is 0 Å². The van der Waals surface area contributed by atoms with E-state index in [4.69, 9.17) is 9.47 Å². The van der Waals surface area contributed by atoms with Gasteiger partial charge >= 0.3 is 0 Å². The summed E-state index contributed by atoms with van der Waals surface area (Å²) in [4.78, 5) is 4.27. The molecule has 0 spiro atoms. The standard InChI is InChI=1S/C13H17NO2/c1-10-7-8-12(13(14-10)15-2)16-9-11-5-3-4-6-11/h3-4,7-8,11H,5-6,9H2,1-2H3. The van der Waals surface area contributed by atoms with Gasteiger partial charge in [0.2, 0.25) is 0 Å². The first-order valence-corrected chi connectivity index (χ1v) is 5.59. The maximum atomic E-state index is 5.74. The van der Waals surface area contributed by atoms with Gasteiger partial charge in [-0.15, -0.1) is 0 Å². The summed E-state index contributed by atoms with van der Waals surface area (Å²) < 4.78 is 10.9. The highest BCUT2D eigenvalue weighted by Crippen LogP contribution is 2.26. The lowest BCUT2D eigenvalue weighted by atomic mass is 10.1. The molecular formula is C13H17NO2. The number of pyridine rings is 1. The van der Waals surface area contributed by atoms with Crippen molar-refractivity contribution in [1.29, 1.82) is 0 Å². The Morgan fingerprint density at radius 2 is 2.06 bits per heavy atom. The molecule has 0 unspecified atom stereocenters. The van der Waals surface area contributed by atoms with Crippen LogP contribution in [-0.4, -0.2) is 18.7 Å². The first kappa shape index (κ1) is 11.0. The van der Waals surface area contributed by atoms with Crippen molar-refractivity contribution in [3.8, 4) is 11.6 Å². The molecule has 0 fully saturated rings. The van der Waals surface area contributed by atoms with Crippen molar-refractivity contribution in [3.63, 3.8) is 0 Å². The summed E-state index contributed by atoms with van der Waals surface area (Å²) in [5, 5.41) is 0. The lowest BCUT2D eigenvalue weighted by Crippen LogP contribution is -2.09. The SMILES string of the molecule is COc1nc(C)ccc1OCC1CC=CC1. The van der Waals surface area contributed by atoms with Crippen LogP contribution in [0.2, 0.25) is 0 Å². The average molecular weight is 219 g/mol. The van der Waals surface area contributed by atoms with Crippen LogP contribution in [0.1, 0.15) is 18.5 Å². The summed E-state index contributed by atoms with van der Waals surface area (Å²) in [7, 11) is 1.62. The molecule has 0 radical (unpaired) electrons. The van der Waals surface area contributed by atoms with Gasteiger partial charge in [-0.25, -0.2) is 4.98 Å². The number of methoxy groups -OCH3 is 1. The fourth-order valence-electron chi connectivity index (χ4n) is 1.79. The lowest BCUT2D eigenvalue weighted by molar-refractivity contribution is 0.241. The van der Waals surface area contributed by atoms with Crippen LogP contribution < -0.4 is 9.47 Å². The van der Waals surface area contributed by atoms with E-state index in [0.717, 1.165) is 30.9 Å². The molecule has 0 atom stereocenters. The van der Waals surface area contributed by atoms with Crippen molar-refractivity contribution < 1.29 is 9.47 Å². The lowest BCUT2D eigenvalue weighted by Gasteiger charge is -2.13. The number of nitrogens with zero attached hydrogens (tertiary/aromatic N) is 1. The molecule has 0 N–H and O–H groups in total. The summed E-state index contributed by atoms with van der Waals surface area (Å²) in [6.07, 6.45) is 6.64. The summed E-state index contributed by atoms with van der Waals surface area (Å²) in [6.45, 7) is 2.67. The molecular weight excluding hydrogens is 202 g/mol. The van der Waals surface area contributed by atoms with Crippen molar-refractivity contribution in [3.05, 3.63) is 30.0 Å². The Bertz CT molecular complexity index is 380. The highest BCUT2D eigenvalue weighted by Gasteiger charge is 2.13. The maximum Gasteiger partial charge on any atom is 0.256 e. The largest absolute Gasteiger partial charge is 0.488 e. The van der Waals surface area contributed by atoms with Crippen LogP contribution in [0.4, 0.5) is 0 Å². The molecule has 0 saturated carbocycles. The van der Waals surface area contributed by atoms with E-state index in [1.165, 1.54) is 0 Å². The van der Waals surface area contributed by atoms with E-state index in [1.807, 2.05) is 19.1 Å². The molecule has 0 saturated heterocycles.